The number of hydrogen-bond donors (Lipinski definition) is 3. The summed E-state index contributed by atoms with van der Waals surface area (Å²) in [5.74, 6) is 0.147. The van der Waals surface area contributed by atoms with Gasteiger partial charge in [-0.25, -0.2) is 9.13 Å². The van der Waals surface area contributed by atoms with Crippen molar-refractivity contribution in [2.45, 2.75) is 388 Å². The number of phosphoric acid groups is 2. The third-order valence-electron chi connectivity index (χ3n) is 16.9. The van der Waals surface area contributed by atoms with E-state index in [1.807, 2.05) is 0 Å². The molecule has 17 nitrogen and oxygen atoms in total. The van der Waals surface area contributed by atoms with Gasteiger partial charge < -0.3 is 33.8 Å². The maximum Gasteiger partial charge on any atom is 0.472 e. The predicted molar refractivity (Wildman–Crippen MR) is 372 cm³/mol. The number of ether oxygens (including phenoxy) is 4. The van der Waals surface area contributed by atoms with Gasteiger partial charge >= 0.3 is 39.5 Å². The van der Waals surface area contributed by atoms with E-state index >= 15 is 0 Å². The van der Waals surface area contributed by atoms with Gasteiger partial charge in [0.05, 0.1) is 26.4 Å². The second-order valence-corrected chi connectivity index (χ2v) is 30.7. The van der Waals surface area contributed by atoms with E-state index in [4.69, 9.17) is 37.0 Å². The summed E-state index contributed by atoms with van der Waals surface area (Å²) in [6, 6.07) is 0. The lowest BCUT2D eigenvalue weighted by molar-refractivity contribution is -0.161. The molecule has 5 atom stereocenters. The van der Waals surface area contributed by atoms with Crippen molar-refractivity contribution in [1.29, 1.82) is 0 Å². The first-order valence-electron chi connectivity index (χ1n) is 37.8. The summed E-state index contributed by atoms with van der Waals surface area (Å²) in [5, 5.41) is 10.6. The lowest BCUT2D eigenvalue weighted by atomic mass is 10.0. The molecular weight excluding hydrogens is 1210 g/mol. The summed E-state index contributed by atoms with van der Waals surface area (Å²) in [6.45, 7) is 11.9. The molecule has 0 radical (unpaired) electrons. The van der Waals surface area contributed by atoms with Crippen molar-refractivity contribution in [3.8, 4) is 0 Å². The number of aliphatic hydroxyl groups is 1. The Morgan fingerprint density at radius 2 is 0.500 bits per heavy atom. The van der Waals surface area contributed by atoms with E-state index in [0.717, 1.165) is 108 Å². The summed E-state index contributed by atoms with van der Waals surface area (Å²) in [6.07, 6.45) is 48.4. The van der Waals surface area contributed by atoms with Crippen LogP contribution in [0.1, 0.15) is 370 Å². The molecule has 0 saturated heterocycles. The Morgan fingerprint density at radius 1 is 0.293 bits per heavy atom. The van der Waals surface area contributed by atoms with Gasteiger partial charge in [0, 0.05) is 25.7 Å². The molecule has 0 amide bonds. The van der Waals surface area contributed by atoms with Crippen LogP contribution in [0.3, 0.4) is 0 Å². The largest absolute Gasteiger partial charge is 0.472 e. The second kappa shape index (κ2) is 63.8. The van der Waals surface area contributed by atoms with E-state index in [1.165, 1.54) is 180 Å². The minimum Gasteiger partial charge on any atom is -0.462 e. The highest BCUT2D eigenvalue weighted by atomic mass is 31.2. The molecule has 0 aromatic rings. The van der Waals surface area contributed by atoms with Gasteiger partial charge in [0.15, 0.2) is 12.2 Å². The Bertz CT molecular complexity index is 1800. The zero-order chi connectivity index (χ0) is 68.0. The molecule has 0 rings (SSSR count). The van der Waals surface area contributed by atoms with Crippen LogP contribution >= 0.6 is 15.6 Å². The average Bonchev–Trinajstić information content (AvgIpc) is 2.65. The van der Waals surface area contributed by atoms with Gasteiger partial charge in [0.25, 0.3) is 0 Å². The molecule has 2 unspecified atom stereocenters. The van der Waals surface area contributed by atoms with E-state index in [-0.39, 0.29) is 25.7 Å². The zero-order valence-corrected chi connectivity index (χ0v) is 61.8. The van der Waals surface area contributed by atoms with E-state index in [2.05, 4.69) is 48.5 Å². The summed E-state index contributed by atoms with van der Waals surface area (Å²) >= 11 is 0. The van der Waals surface area contributed by atoms with Gasteiger partial charge in [-0.3, -0.25) is 37.3 Å². The standard InChI is InChI=1S/C73H142O17P2/c1-8-9-10-11-12-13-14-15-18-27-35-42-49-56-72(77)89-69(61-84-71(76)55-48-41-34-29-22-25-32-39-46-53-66(6)7)63-88-92(81,82)86-59-67(74)58-85-91(79,80)87-62-68(60-83-70(75)54-47-40-33-26-21-20-24-31-38-45-52-65(4)5)90-73(78)57-50-43-36-28-19-16-17-23-30-37-44-51-64(2)3/h64-69,74H,8-63H2,1-7H3,(H,79,80)(H,81,82)/t67-,68-,69-/m1/s1. The summed E-state index contributed by atoms with van der Waals surface area (Å²) in [7, 11) is -9.91. The number of esters is 4. The topological polar surface area (TPSA) is 237 Å². The van der Waals surface area contributed by atoms with Crippen LogP contribution in [0, 0.1) is 17.8 Å². The van der Waals surface area contributed by atoms with Gasteiger partial charge in [-0.2, -0.15) is 0 Å². The molecular formula is C73H142O17P2. The van der Waals surface area contributed by atoms with Crippen LogP contribution in [0.2, 0.25) is 0 Å². The number of rotatable bonds is 71. The van der Waals surface area contributed by atoms with Crippen molar-refractivity contribution < 1.29 is 80.2 Å². The molecule has 0 aromatic carbocycles. The summed E-state index contributed by atoms with van der Waals surface area (Å²) in [5.41, 5.74) is 0. The number of carbonyl (C=O) groups excluding carboxylic acids is 4. The molecule has 19 heteroatoms. The number of unbranched alkanes of at least 4 members (excludes halogenated alkanes) is 39. The minimum absolute atomic E-state index is 0.106. The van der Waals surface area contributed by atoms with Crippen molar-refractivity contribution in [3.63, 3.8) is 0 Å². The lowest BCUT2D eigenvalue weighted by Gasteiger charge is -2.21. The van der Waals surface area contributed by atoms with E-state index in [1.54, 1.807) is 0 Å². The Labute approximate surface area is 562 Å². The van der Waals surface area contributed by atoms with Crippen LogP contribution in [0.15, 0.2) is 0 Å². The van der Waals surface area contributed by atoms with E-state index in [0.29, 0.717) is 25.7 Å². The zero-order valence-electron chi connectivity index (χ0n) is 60.0. The Hall–Kier alpha value is -1.94. The van der Waals surface area contributed by atoms with Crippen molar-refractivity contribution in [2.24, 2.45) is 17.8 Å². The Balaban J connectivity index is 5.27. The third-order valence-corrected chi connectivity index (χ3v) is 18.8. The van der Waals surface area contributed by atoms with E-state index < -0.39 is 97.5 Å². The molecule has 92 heavy (non-hydrogen) atoms. The Kier molecular flexibility index (Phi) is 62.4. The van der Waals surface area contributed by atoms with Crippen LogP contribution < -0.4 is 0 Å². The van der Waals surface area contributed by atoms with Crippen molar-refractivity contribution in [2.75, 3.05) is 39.6 Å². The fourth-order valence-electron chi connectivity index (χ4n) is 11.1. The van der Waals surface area contributed by atoms with Gasteiger partial charge in [-0.15, -0.1) is 0 Å². The normalized spacial score (nSPS) is 14.1. The number of hydrogen-bond acceptors (Lipinski definition) is 15. The Morgan fingerprint density at radius 3 is 0.739 bits per heavy atom. The van der Waals surface area contributed by atoms with Gasteiger partial charge in [0.1, 0.15) is 19.3 Å². The van der Waals surface area contributed by atoms with Crippen molar-refractivity contribution >= 4 is 39.5 Å². The summed E-state index contributed by atoms with van der Waals surface area (Å²) in [4.78, 5) is 72.7. The molecule has 0 bridgehead atoms. The van der Waals surface area contributed by atoms with Gasteiger partial charge in [0.2, 0.25) is 0 Å². The maximum absolute atomic E-state index is 13.0. The van der Waals surface area contributed by atoms with Crippen LogP contribution in [0.4, 0.5) is 0 Å². The molecule has 0 aliphatic heterocycles. The van der Waals surface area contributed by atoms with Crippen LogP contribution in [0.25, 0.3) is 0 Å². The number of phosphoric ester groups is 2. The molecule has 0 heterocycles. The molecule has 546 valence electrons. The fourth-order valence-corrected chi connectivity index (χ4v) is 12.7. The SMILES string of the molecule is CCCCCCCCCCCCCCCC(=O)O[C@H](COC(=O)CCCCCCCCCCCC(C)C)COP(=O)(O)OC[C@H](O)COP(=O)(O)OC[C@@H](COC(=O)CCCCCCCCCCCCC(C)C)OC(=O)CCCCCCCCCCCCCC(C)C. The van der Waals surface area contributed by atoms with E-state index in [9.17, 15) is 43.2 Å². The highest BCUT2D eigenvalue weighted by Gasteiger charge is 2.30. The van der Waals surface area contributed by atoms with Gasteiger partial charge in [-0.1, -0.05) is 318 Å². The highest BCUT2D eigenvalue weighted by molar-refractivity contribution is 7.47. The third kappa shape index (κ3) is 66.7. The lowest BCUT2D eigenvalue weighted by Crippen LogP contribution is -2.30. The first kappa shape index (κ1) is 90.1. The number of carbonyl (C=O) groups is 4. The molecule has 0 aliphatic carbocycles. The fraction of sp³-hybridized carbons (Fsp3) is 0.945. The smallest absolute Gasteiger partial charge is 0.462 e. The number of aliphatic hydroxyl groups excluding tert-OH is 1. The predicted octanol–water partition coefficient (Wildman–Crippen LogP) is 21.0. The highest BCUT2D eigenvalue weighted by Crippen LogP contribution is 2.45. The molecule has 0 spiro atoms. The molecule has 0 saturated carbocycles. The maximum atomic E-state index is 13.0. The first-order chi connectivity index (χ1) is 44.2. The average molecular weight is 1350 g/mol. The second-order valence-electron chi connectivity index (χ2n) is 27.8. The molecule has 0 aliphatic rings. The molecule has 0 aromatic heterocycles. The van der Waals surface area contributed by atoms with Gasteiger partial charge in [-0.05, 0) is 43.4 Å². The summed E-state index contributed by atoms with van der Waals surface area (Å²) < 4.78 is 68.4. The first-order valence-corrected chi connectivity index (χ1v) is 40.8. The molecule has 3 N–H and O–H groups in total. The quantitative estimate of drug-likeness (QED) is 0.0222. The molecule has 0 fully saturated rings. The van der Waals surface area contributed by atoms with Crippen molar-refractivity contribution in [1.82, 2.24) is 0 Å². The minimum atomic E-state index is -4.95. The van der Waals surface area contributed by atoms with Crippen LogP contribution in [-0.4, -0.2) is 96.7 Å². The monoisotopic (exact) mass is 1350 g/mol. The van der Waals surface area contributed by atoms with Crippen molar-refractivity contribution in [3.05, 3.63) is 0 Å². The van der Waals surface area contributed by atoms with Crippen LogP contribution in [0.5, 0.6) is 0 Å². The van der Waals surface area contributed by atoms with Crippen LogP contribution in [-0.2, 0) is 65.4 Å².